The van der Waals surface area contributed by atoms with Gasteiger partial charge in [-0.1, -0.05) is 48.8 Å². The first-order valence-corrected chi connectivity index (χ1v) is 9.83. The number of piperidine rings is 1. The van der Waals surface area contributed by atoms with Crippen LogP contribution in [0.2, 0.25) is 0 Å². The van der Waals surface area contributed by atoms with Gasteiger partial charge in [0.05, 0.1) is 5.41 Å². The summed E-state index contributed by atoms with van der Waals surface area (Å²) in [6, 6.07) is 9.75. The molecule has 1 aromatic carbocycles. The van der Waals surface area contributed by atoms with Crippen molar-refractivity contribution in [2.24, 2.45) is 11.3 Å². The lowest BCUT2D eigenvalue weighted by Crippen LogP contribution is -2.51. The number of carboxylic acids is 1. The van der Waals surface area contributed by atoms with Gasteiger partial charge in [-0.15, -0.1) is 0 Å². The summed E-state index contributed by atoms with van der Waals surface area (Å²) in [7, 11) is 0. The van der Waals surface area contributed by atoms with Crippen LogP contribution in [-0.2, 0) is 16.0 Å². The zero-order chi connectivity index (χ0) is 20.3. The highest BCUT2D eigenvalue weighted by atomic mass is 16.5. The fourth-order valence-corrected chi connectivity index (χ4v) is 3.81. The molecule has 1 fully saturated rings. The molecule has 0 aliphatic carbocycles. The Kier molecular flexibility index (Phi) is 5.87. The van der Waals surface area contributed by atoms with E-state index in [0.717, 1.165) is 11.1 Å². The number of aliphatic carboxylic acids is 1. The number of hydrogen-bond acceptors (Lipinski definition) is 4. The normalized spacial score (nSPS) is 19.8. The molecule has 0 saturated carbocycles. The van der Waals surface area contributed by atoms with E-state index in [9.17, 15) is 14.7 Å². The number of likely N-dealkylation sites (tertiary alicyclic amines) is 1. The van der Waals surface area contributed by atoms with Gasteiger partial charge in [-0.05, 0) is 25.7 Å². The summed E-state index contributed by atoms with van der Waals surface area (Å²) >= 11 is 0. The molecule has 1 saturated heterocycles. The number of aromatic nitrogens is 1. The van der Waals surface area contributed by atoms with Gasteiger partial charge in [0.1, 0.15) is 11.5 Å². The second-order valence-electron chi connectivity index (χ2n) is 8.32. The van der Waals surface area contributed by atoms with Crippen LogP contribution in [0.4, 0.5) is 0 Å². The van der Waals surface area contributed by atoms with Gasteiger partial charge in [0, 0.05) is 37.6 Å². The molecule has 1 amide bonds. The Balaban J connectivity index is 1.78. The van der Waals surface area contributed by atoms with Crippen molar-refractivity contribution in [3.63, 3.8) is 0 Å². The average molecular weight is 384 g/mol. The lowest BCUT2D eigenvalue weighted by molar-refractivity contribution is -0.155. The van der Waals surface area contributed by atoms with Crippen LogP contribution in [0.3, 0.4) is 0 Å². The Morgan fingerprint density at radius 1 is 1.29 bits per heavy atom. The van der Waals surface area contributed by atoms with E-state index in [1.807, 2.05) is 51.1 Å². The summed E-state index contributed by atoms with van der Waals surface area (Å²) in [4.78, 5) is 26.4. The van der Waals surface area contributed by atoms with Crippen molar-refractivity contribution >= 4 is 11.9 Å². The Morgan fingerprint density at radius 2 is 2.00 bits per heavy atom. The van der Waals surface area contributed by atoms with E-state index in [2.05, 4.69) is 5.16 Å². The molecule has 0 bridgehead atoms. The summed E-state index contributed by atoms with van der Waals surface area (Å²) < 4.78 is 5.47. The van der Waals surface area contributed by atoms with Crippen LogP contribution < -0.4 is 0 Å². The number of carboxylic acid groups (broad SMARTS) is 1. The summed E-state index contributed by atoms with van der Waals surface area (Å²) in [6.07, 6.45) is 1.87. The number of aryl methyl sites for hydroxylation is 1. The molecule has 1 unspecified atom stereocenters. The SMILES string of the molecule is Cc1ccc(-c2cc(CC3(C(=O)O)CCCN(C(=O)CC(C)C)C3)on2)cc1. The highest BCUT2D eigenvalue weighted by Gasteiger charge is 2.44. The predicted octanol–water partition coefficient (Wildman–Crippen LogP) is 3.93. The van der Waals surface area contributed by atoms with Crippen LogP contribution in [0.25, 0.3) is 11.3 Å². The predicted molar refractivity (Wildman–Crippen MR) is 106 cm³/mol. The monoisotopic (exact) mass is 384 g/mol. The molecule has 28 heavy (non-hydrogen) atoms. The number of amides is 1. The fraction of sp³-hybridized carbons (Fsp3) is 0.500. The van der Waals surface area contributed by atoms with Crippen molar-refractivity contribution in [3.05, 3.63) is 41.7 Å². The maximum Gasteiger partial charge on any atom is 0.311 e. The van der Waals surface area contributed by atoms with E-state index in [1.54, 1.807) is 4.90 Å². The number of carbonyl (C=O) groups excluding carboxylic acids is 1. The van der Waals surface area contributed by atoms with Crippen molar-refractivity contribution in [3.8, 4) is 11.3 Å². The molecular weight excluding hydrogens is 356 g/mol. The highest BCUT2D eigenvalue weighted by molar-refractivity contribution is 5.80. The van der Waals surface area contributed by atoms with Crippen LogP contribution >= 0.6 is 0 Å². The van der Waals surface area contributed by atoms with Crippen molar-refractivity contribution in [1.82, 2.24) is 10.1 Å². The standard InChI is InChI=1S/C22H28N2O4/c1-15(2)11-20(25)24-10-4-9-22(14-24,21(26)27)13-18-12-19(23-28-18)17-7-5-16(3)6-8-17/h5-8,12,15H,4,9-11,13-14H2,1-3H3,(H,26,27). The van der Waals surface area contributed by atoms with Crippen LogP contribution in [0.5, 0.6) is 0 Å². The average Bonchev–Trinajstić information content (AvgIpc) is 3.10. The van der Waals surface area contributed by atoms with Crippen molar-refractivity contribution in [1.29, 1.82) is 0 Å². The maximum atomic E-state index is 12.5. The van der Waals surface area contributed by atoms with Gasteiger partial charge in [0.15, 0.2) is 0 Å². The van der Waals surface area contributed by atoms with Gasteiger partial charge in [0.25, 0.3) is 0 Å². The van der Waals surface area contributed by atoms with Crippen molar-refractivity contribution in [2.45, 2.75) is 46.5 Å². The van der Waals surface area contributed by atoms with E-state index in [1.165, 1.54) is 0 Å². The smallest absolute Gasteiger partial charge is 0.311 e. The lowest BCUT2D eigenvalue weighted by atomic mass is 9.76. The molecule has 0 radical (unpaired) electrons. The summed E-state index contributed by atoms with van der Waals surface area (Å²) in [5.41, 5.74) is 1.75. The van der Waals surface area contributed by atoms with Gasteiger partial charge in [-0.25, -0.2) is 0 Å². The van der Waals surface area contributed by atoms with Crippen LogP contribution in [0.15, 0.2) is 34.9 Å². The first kappa shape index (κ1) is 20.1. The number of carbonyl (C=O) groups is 2. The molecule has 1 N–H and O–H groups in total. The third kappa shape index (κ3) is 4.43. The molecule has 1 aromatic heterocycles. The summed E-state index contributed by atoms with van der Waals surface area (Å²) in [6.45, 7) is 6.84. The van der Waals surface area contributed by atoms with E-state index < -0.39 is 11.4 Å². The lowest BCUT2D eigenvalue weighted by Gasteiger charge is -2.39. The van der Waals surface area contributed by atoms with Crippen LogP contribution in [0, 0.1) is 18.3 Å². The molecule has 1 atom stereocenters. The molecule has 3 rings (SSSR count). The molecule has 1 aliphatic heterocycles. The van der Waals surface area contributed by atoms with Crippen LogP contribution in [0.1, 0.15) is 44.4 Å². The molecule has 2 heterocycles. The number of benzene rings is 1. The van der Waals surface area contributed by atoms with Gasteiger partial charge in [-0.2, -0.15) is 0 Å². The van der Waals surface area contributed by atoms with Gasteiger partial charge in [-0.3, -0.25) is 9.59 Å². The zero-order valence-corrected chi connectivity index (χ0v) is 16.8. The zero-order valence-electron chi connectivity index (χ0n) is 16.8. The Hall–Kier alpha value is -2.63. The Labute approximate surface area is 165 Å². The first-order valence-electron chi connectivity index (χ1n) is 9.83. The molecule has 6 heteroatoms. The largest absolute Gasteiger partial charge is 0.481 e. The van der Waals surface area contributed by atoms with E-state index in [0.29, 0.717) is 37.3 Å². The molecule has 6 nitrogen and oxygen atoms in total. The maximum absolute atomic E-state index is 12.5. The summed E-state index contributed by atoms with van der Waals surface area (Å²) in [5.74, 6) is -0.0720. The van der Waals surface area contributed by atoms with E-state index in [-0.39, 0.29) is 24.8 Å². The molecule has 1 aliphatic rings. The van der Waals surface area contributed by atoms with E-state index in [4.69, 9.17) is 4.52 Å². The highest BCUT2D eigenvalue weighted by Crippen LogP contribution is 2.35. The number of nitrogens with zero attached hydrogens (tertiary/aromatic N) is 2. The second kappa shape index (κ2) is 8.17. The van der Waals surface area contributed by atoms with Crippen LogP contribution in [-0.4, -0.2) is 40.1 Å². The molecule has 150 valence electrons. The second-order valence-corrected chi connectivity index (χ2v) is 8.32. The van der Waals surface area contributed by atoms with Crippen molar-refractivity contribution in [2.75, 3.05) is 13.1 Å². The molecule has 0 spiro atoms. The third-order valence-electron chi connectivity index (χ3n) is 5.39. The minimum Gasteiger partial charge on any atom is -0.481 e. The first-order chi connectivity index (χ1) is 13.3. The Bertz CT molecular complexity index is 840. The topological polar surface area (TPSA) is 83.6 Å². The van der Waals surface area contributed by atoms with Crippen molar-refractivity contribution < 1.29 is 19.2 Å². The van der Waals surface area contributed by atoms with Gasteiger partial charge < -0.3 is 14.5 Å². The molecular formula is C22H28N2O4. The van der Waals surface area contributed by atoms with Gasteiger partial charge in [0.2, 0.25) is 5.91 Å². The summed E-state index contributed by atoms with van der Waals surface area (Å²) in [5, 5.41) is 14.1. The minimum atomic E-state index is -1.03. The quantitative estimate of drug-likeness (QED) is 0.816. The fourth-order valence-electron chi connectivity index (χ4n) is 3.81. The third-order valence-corrected chi connectivity index (χ3v) is 5.39. The number of rotatable bonds is 6. The minimum absolute atomic E-state index is 0.0261. The van der Waals surface area contributed by atoms with Gasteiger partial charge >= 0.3 is 5.97 Å². The van der Waals surface area contributed by atoms with E-state index >= 15 is 0 Å². The molecule has 2 aromatic rings. The number of hydrogen-bond donors (Lipinski definition) is 1. The Morgan fingerprint density at radius 3 is 2.64 bits per heavy atom.